The molecule has 0 aliphatic carbocycles. The third-order valence-corrected chi connectivity index (χ3v) is 4.20. The summed E-state index contributed by atoms with van der Waals surface area (Å²) in [6.07, 6.45) is -1.26. The van der Waals surface area contributed by atoms with Gasteiger partial charge in [-0.25, -0.2) is 8.78 Å². The Morgan fingerprint density at radius 1 is 1.19 bits per heavy atom. The van der Waals surface area contributed by atoms with Gasteiger partial charge in [-0.1, -0.05) is 22.0 Å². The molecule has 1 atom stereocenters. The third-order valence-electron chi connectivity index (χ3n) is 3.09. The van der Waals surface area contributed by atoms with Crippen molar-refractivity contribution in [1.82, 2.24) is 0 Å². The van der Waals surface area contributed by atoms with Gasteiger partial charge in [-0.2, -0.15) is 0 Å². The Kier molecular flexibility index (Phi) is 5.35. The Labute approximate surface area is 138 Å². The van der Waals surface area contributed by atoms with Crippen LogP contribution in [0.5, 0.6) is 5.75 Å². The van der Waals surface area contributed by atoms with Gasteiger partial charge in [0.25, 0.3) is 0 Å². The van der Waals surface area contributed by atoms with Crippen molar-refractivity contribution in [2.24, 2.45) is 0 Å². The first-order chi connectivity index (χ1) is 9.93. The molecule has 21 heavy (non-hydrogen) atoms. The molecule has 0 saturated heterocycles. The summed E-state index contributed by atoms with van der Waals surface area (Å²) in [6, 6.07) is 7.52. The van der Waals surface area contributed by atoms with Crippen molar-refractivity contribution in [3.05, 3.63) is 62.0 Å². The van der Waals surface area contributed by atoms with Crippen LogP contribution in [0, 0.1) is 11.6 Å². The lowest BCUT2D eigenvalue weighted by atomic mass is 10.00. The topological polar surface area (TPSA) is 29.5 Å². The van der Waals surface area contributed by atoms with Gasteiger partial charge in [-0.3, -0.25) is 0 Å². The van der Waals surface area contributed by atoms with Crippen LogP contribution in [0.4, 0.5) is 8.78 Å². The molecule has 2 aromatic carbocycles. The Hall–Kier alpha value is -0.980. The van der Waals surface area contributed by atoms with Crippen LogP contribution in [0.1, 0.15) is 17.2 Å². The normalized spacial score (nSPS) is 12.3. The zero-order valence-corrected chi connectivity index (χ0v) is 14.2. The minimum absolute atomic E-state index is 0.161. The molecule has 0 aromatic heterocycles. The van der Waals surface area contributed by atoms with Crippen LogP contribution in [0.25, 0.3) is 0 Å². The van der Waals surface area contributed by atoms with E-state index in [9.17, 15) is 13.9 Å². The van der Waals surface area contributed by atoms with E-state index in [1.165, 1.54) is 13.2 Å². The fraction of sp³-hybridized carbons (Fsp3) is 0.200. The molecule has 0 aliphatic heterocycles. The molecule has 2 rings (SSSR count). The summed E-state index contributed by atoms with van der Waals surface area (Å²) >= 11 is 6.31. The standard InChI is InChI=1S/C15H12Br2F2O2/c1-21-14-6-8(16)2-3-9(14)13(20)7-10-12(18)5-4-11(17)15(10)19/h2-6,13,20H,7H2,1H3. The van der Waals surface area contributed by atoms with Gasteiger partial charge < -0.3 is 9.84 Å². The van der Waals surface area contributed by atoms with Crippen molar-refractivity contribution in [3.63, 3.8) is 0 Å². The molecule has 1 N–H and O–H groups in total. The number of hydrogen-bond acceptors (Lipinski definition) is 2. The number of methoxy groups -OCH3 is 1. The summed E-state index contributed by atoms with van der Waals surface area (Å²) in [5, 5.41) is 10.3. The summed E-state index contributed by atoms with van der Waals surface area (Å²) in [5.74, 6) is -0.941. The first-order valence-corrected chi connectivity index (χ1v) is 7.66. The van der Waals surface area contributed by atoms with E-state index in [1.54, 1.807) is 18.2 Å². The van der Waals surface area contributed by atoms with Gasteiger partial charge in [-0.15, -0.1) is 0 Å². The van der Waals surface area contributed by atoms with Crippen LogP contribution in [0.15, 0.2) is 39.3 Å². The first kappa shape index (κ1) is 16.4. The van der Waals surface area contributed by atoms with Crippen molar-refractivity contribution in [1.29, 1.82) is 0 Å². The number of aliphatic hydroxyl groups excluding tert-OH is 1. The molecule has 0 fully saturated rings. The van der Waals surface area contributed by atoms with Crippen molar-refractivity contribution in [3.8, 4) is 5.75 Å². The van der Waals surface area contributed by atoms with E-state index >= 15 is 0 Å². The highest BCUT2D eigenvalue weighted by Crippen LogP contribution is 2.32. The van der Waals surface area contributed by atoms with Crippen LogP contribution in [-0.4, -0.2) is 12.2 Å². The van der Waals surface area contributed by atoms with Crippen LogP contribution in [0.2, 0.25) is 0 Å². The van der Waals surface area contributed by atoms with E-state index in [2.05, 4.69) is 31.9 Å². The molecule has 112 valence electrons. The Morgan fingerprint density at radius 3 is 2.57 bits per heavy atom. The van der Waals surface area contributed by atoms with E-state index in [0.717, 1.165) is 10.5 Å². The van der Waals surface area contributed by atoms with Crippen LogP contribution in [0.3, 0.4) is 0 Å². The molecule has 0 radical (unpaired) electrons. The van der Waals surface area contributed by atoms with Crippen molar-refractivity contribution in [2.45, 2.75) is 12.5 Å². The molecular formula is C15H12Br2F2O2. The molecule has 0 saturated carbocycles. The highest BCUT2D eigenvalue weighted by molar-refractivity contribution is 9.10. The quantitative estimate of drug-likeness (QED) is 0.720. The lowest BCUT2D eigenvalue weighted by molar-refractivity contribution is 0.171. The summed E-state index contributed by atoms with van der Waals surface area (Å²) in [7, 11) is 1.47. The van der Waals surface area contributed by atoms with Crippen molar-refractivity contribution >= 4 is 31.9 Å². The minimum atomic E-state index is -1.08. The summed E-state index contributed by atoms with van der Waals surface area (Å²) < 4.78 is 33.8. The summed E-state index contributed by atoms with van der Waals surface area (Å²) in [6.45, 7) is 0. The molecule has 0 amide bonds. The molecule has 6 heteroatoms. The maximum absolute atomic E-state index is 13.9. The monoisotopic (exact) mass is 420 g/mol. The first-order valence-electron chi connectivity index (χ1n) is 6.08. The van der Waals surface area contributed by atoms with Crippen LogP contribution in [-0.2, 0) is 6.42 Å². The second kappa shape index (κ2) is 6.85. The molecule has 2 nitrogen and oxygen atoms in total. The van der Waals surface area contributed by atoms with E-state index in [4.69, 9.17) is 4.74 Å². The number of rotatable bonds is 4. The predicted octanol–water partition coefficient (Wildman–Crippen LogP) is 4.77. The summed E-state index contributed by atoms with van der Waals surface area (Å²) in [5.41, 5.74) is 0.307. The molecule has 0 heterocycles. The number of ether oxygens (including phenoxy) is 1. The van der Waals surface area contributed by atoms with Crippen molar-refractivity contribution in [2.75, 3.05) is 7.11 Å². The second-order valence-electron chi connectivity index (χ2n) is 4.43. The van der Waals surface area contributed by atoms with Gasteiger partial charge in [0, 0.05) is 22.0 Å². The highest BCUT2D eigenvalue weighted by Gasteiger charge is 2.20. The van der Waals surface area contributed by atoms with Crippen molar-refractivity contribution < 1.29 is 18.6 Å². The van der Waals surface area contributed by atoms with Gasteiger partial charge in [0.2, 0.25) is 0 Å². The number of halogens is 4. The maximum Gasteiger partial charge on any atom is 0.143 e. The molecule has 0 aliphatic rings. The molecule has 0 spiro atoms. The average molecular weight is 422 g/mol. The Bertz CT molecular complexity index is 662. The van der Waals surface area contributed by atoms with Gasteiger partial charge in [0.05, 0.1) is 17.7 Å². The smallest absolute Gasteiger partial charge is 0.143 e. The number of hydrogen-bond donors (Lipinski definition) is 1. The van der Waals surface area contributed by atoms with Crippen LogP contribution >= 0.6 is 31.9 Å². The lowest BCUT2D eigenvalue weighted by Crippen LogP contribution is -2.07. The van der Waals surface area contributed by atoms with Gasteiger partial charge >= 0.3 is 0 Å². The van der Waals surface area contributed by atoms with Gasteiger partial charge in [-0.05, 0) is 40.2 Å². The number of benzene rings is 2. The molecule has 1 unspecified atom stereocenters. The number of aliphatic hydroxyl groups is 1. The Balaban J connectivity index is 2.35. The fourth-order valence-electron chi connectivity index (χ4n) is 2.02. The van der Waals surface area contributed by atoms with Gasteiger partial charge in [0.1, 0.15) is 17.4 Å². The van der Waals surface area contributed by atoms with E-state index in [-0.39, 0.29) is 16.5 Å². The van der Waals surface area contributed by atoms with E-state index < -0.39 is 17.7 Å². The predicted molar refractivity (Wildman–Crippen MR) is 83.4 cm³/mol. The largest absolute Gasteiger partial charge is 0.496 e. The molecular weight excluding hydrogens is 410 g/mol. The molecule has 0 bridgehead atoms. The maximum atomic E-state index is 13.9. The summed E-state index contributed by atoms with van der Waals surface area (Å²) in [4.78, 5) is 0. The van der Waals surface area contributed by atoms with E-state index in [0.29, 0.717) is 11.3 Å². The second-order valence-corrected chi connectivity index (χ2v) is 6.20. The zero-order valence-electron chi connectivity index (χ0n) is 11.0. The minimum Gasteiger partial charge on any atom is -0.496 e. The third kappa shape index (κ3) is 3.62. The molecule has 2 aromatic rings. The zero-order chi connectivity index (χ0) is 15.6. The average Bonchev–Trinajstić information content (AvgIpc) is 2.47. The lowest BCUT2D eigenvalue weighted by Gasteiger charge is -2.16. The Morgan fingerprint density at radius 2 is 1.90 bits per heavy atom. The van der Waals surface area contributed by atoms with Gasteiger partial charge in [0.15, 0.2) is 0 Å². The van der Waals surface area contributed by atoms with E-state index in [1.807, 2.05) is 0 Å². The van der Waals surface area contributed by atoms with Crippen LogP contribution < -0.4 is 4.74 Å². The SMILES string of the molecule is COc1cc(Br)ccc1C(O)Cc1c(F)ccc(Br)c1F. The highest BCUT2D eigenvalue weighted by atomic mass is 79.9. The fourth-order valence-corrected chi connectivity index (χ4v) is 2.73.